The average Bonchev–Trinajstić information content (AvgIpc) is 2.90. The maximum Gasteiger partial charge on any atom is 0.202 e. The van der Waals surface area contributed by atoms with E-state index in [4.69, 9.17) is 22.1 Å². The van der Waals surface area contributed by atoms with Crippen LogP contribution in [0.4, 0.5) is 0 Å². The van der Waals surface area contributed by atoms with Crippen LogP contribution >= 0.6 is 11.6 Å². The van der Waals surface area contributed by atoms with Gasteiger partial charge >= 0.3 is 0 Å². The van der Waals surface area contributed by atoms with E-state index in [0.717, 1.165) is 12.8 Å². The molecule has 16 heavy (non-hydrogen) atoms. The van der Waals surface area contributed by atoms with Crippen LogP contribution in [0.2, 0.25) is 5.02 Å². The summed E-state index contributed by atoms with van der Waals surface area (Å²) in [5.41, 5.74) is 5.55. The Balaban J connectivity index is 2.24. The van der Waals surface area contributed by atoms with E-state index in [1.54, 1.807) is 11.8 Å². The summed E-state index contributed by atoms with van der Waals surface area (Å²) in [4.78, 5) is 12.1. The molecule has 2 N–H and O–H groups in total. The standard InChI is InChI=1S/C10H14ClN3O2/c1-16-5-4-14-8(7(11)6-13-14)9(15)10(12)2-3-10/h6H,2-5,12H2,1H3. The maximum atomic E-state index is 12.1. The van der Waals surface area contributed by atoms with E-state index in [1.165, 1.54) is 6.20 Å². The molecule has 1 aromatic heterocycles. The summed E-state index contributed by atoms with van der Waals surface area (Å²) in [6.07, 6.45) is 2.91. The molecule has 0 amide bonds. The minimum Gasteiger partial charge on any atom is -0.383 e. The van der Waals surface area contributed by atoms with Crippen LogP contribution in [0.3, 0.4) is 0 Å². The van der Waals surface area contributed by atoms with Crippen molar-refractivity contribution in [3.05, 3.63) is 16.9 Å². The summed E-state index contributed by atoms with van der Waals surface area (Å²) in [6, 6.07) is 0. The highest BCUT2D eigenvalue weighted by atomic mass is 35.5. The van der Waals surface area contributed by atoms with Gasteiger partial charge in [-0.2, -0.15) is 5.10 Å². The number of hydrogen-bond donors (Lipinski definition) is 1. The van der Waals surface area contributed by atoms with E-state index in [2.05, 4.69) is 5.10 Å². The van der Waals surface area contributed by atoms with Crippen molar-refractivity contribution in [3.8, 4) is 0 Å². The molecule has 1 aromatic rings. The summed E-state index contributed by atoms with van der Waals surface area (Å²) in [7, 11) is 1.60. The highest BCUT2D eigenvalue weighted by Crippen LogP contribution is 2.37. The molecule has 88 valence electrons. The van der Waals surface area contributed by atoms with Crippen LogP contribution in [-0.2, 0) is 11.3 Å². The lowest BCUT2D eigenvalue weighted by Gasteiger charge is -2.10. The predicted octanol–water partition coefficient (Wildman–Crippen LogP) is 0.857. The molecular formula is C10H14ClN3O2. The van der Waals surface area contributed by atoms with Crippen LogP contribution in [0, 0.1) is 0 Å². The molecule has 0 spiro atoms. The number of nitrogens with zero attached hydrogens (tertiary/aromatic N) is 2. The highest BCUT2D eigenvalue weighted by molar-refractivity contribution is 6.34. The number of rotatable bonds is 5. The monoisotopic (exact) mass is 243 g/mol. The second-order valence-electron chi connectivity index (χ2n) is 4.04. The smallest absolute Gasteiger partial charge is 0.202 e. The number of ketones is 1. The molecule has 1 aliphatic carbocycles. The molecule has 0 atom stereocenters. The van der Waals surface area contributed by atoms with Crippen LogP contribution in [-0.4, -0.2) is 34.8 Å². The third-order valence-corrected chi connectivity index (χ3v) is 3.03. The minimum atomic E-state index is -0.714. The second kappa shape index (κ2) is 4.16. The molecular weight excluding hydrogens is 230 g/mol. The van der Waals surface area contributed by atoms with Crippen molar-refractivity contribution in [1.82, 2.24) is 9.78 Å². The topological polar surface area (TPSA) is 70.1 Å². The Bertz CT molecular complexity index is 412. The minimum absolute atomic E-state index is 0.119. The van der Waals surface area contributed by atoms with Crippen LogP contribution in [0.5, 0.6) is 0 Å². The molecule has 0 radical (unpaired) electrons. The van der Waals surface area contributed by atoms with Crippen LogP contribution in [0.1, 0.15) is 23.3 Å². The molecule has 1 heterocycles. The van der Waals surface area contributed by atoms with E-state index < -0.39 is 5.54 Å². The molecule has 5 nitrogen and oxygen atoms in total. The van der Waals surface area contributed by atoms with Crippen LogP contribution in [0.15, 0.2) is 6.20 Å². The van der Waals surface area contributed by atoms with Gasteiger partial charge in [0.15, 0.2) is 0 Å². The first-order chi connectivity index (χ1) is 7.58. The van der Waals surface area contributed by atoms with Gasteiger partial charge in [-0.3, -0.25) is 9.48 Å². The number of Topliss-reactive ketones (excluding diaryl/α,β-unsaturated/α-hetero) is 1. The third kappa shape index (κ3) is 1.98. The molecule has 0 aliphatic heterocycles. The Labute approximate surface area is 98.5 Å². The Hall–Kier alpha value is -0.910. The first-order valence-corrected chi connectivity index (χ1v) is 5.50. The third-order valence-electron chi connectivity index (χ3n) is 2.76. The van der Waals surface area contributed by atoms with Gasteiger partial charge in [0.2, 0.25) is 5.78 Å². The summed E-state index contributed by atoms with van der Waals surface area (Å²) in [5.74, 6) is -0.119. The van der Waals surface area contributed by atoms with Crippen molar-refractivity contribution in [2.75, 3.05) is 13.7 Å². The van der Waals surface area contributed by atoms with Gasteiger partial charge in [-0.25, -0.2) is 0 Å². The van der Waals surface area contributed by atoms with Crippen molar-refractivity contribution in [2.45, 2.75) is 24.9 Å². The Morgan fingerprint density at radius 3 is 3.00 bits per heavy atom. The van der Waals surface area contributed by atoms with E-state index >= 15 is 0 Å². The first-order valence-electron chi connectivity index (χ1n) is 5.12. The lowest BCUT2D eigenvalue weighted by Crippen LogP contribution is -2.34. The predicted molar refractivity (Wildman–Crippen MR) is 59.6 cm³/mol. The number of ether oxygens (including phenoxy) is 1. The number of aromatic nitrogens is 2. The molecule has 0 unspecified atom stereocenters. The lowest BCUT2D eigenvalue weighted by atomic mass is 10.1. The number of halogens is 1. The van der Waals surface area contributed by atoms with Gasteiger partial charge in [0.05, 0.1) is 29.9 Å². The Morgan fingerprint density at radius 1 is 1.75 bits per heavy atom. The van der Waals surface area contributed by atoms with E-state index in [9.17, 15) is 4.79 Å². The SMILES string of the molecule is COCCn1ncc(Cl)c1C(=O)C1(N)CC1. The fourth-order valence-corrected chi connectivity index (χ4v) is 1.76. The van der Waals surface area contributed by atoms with Gasteiger partial charge in [0.1, 0.15) is 5.69 Å². The molecule has 1 aliphatic rings. The largest absolute Gasteiger partial charge is 0.383 e. The quantitative estimate of drug-likeness (QED) is 0.779. The average molecular weight is 244 g/mol. The number of carbonyl (C=O) groups excluding carboxylic acids is 1. The van der Waals surface area contributed by atoms with E-state index in [1.807, 2.05) is 0 Å². The maximum absolute atomic E-state index is 12.1. The summed E-state index contributed by atoms with van der Waals surface area (Å²) in [5, 5.41) is 4.40. The summed E-state index contributed by atoms with van der Waals surface area (Å²) < 4.78 is 6.50. The van der Waals surface area contributed by atoms with Gasteiger partial charge in [-0.15, -0.1) is 0 Å². The molecule has 0 saturated heterocycles. The first kappa shape index (κ1) is 11.6. The Kier molecular flexibility index (Phi) is 3.01. The number of carbonyl (C=O) groups is 1. The van der Waals surface area contributed by atoms with Gasteiger partial charge in [-0.1, -0.05) is 11.6 Å². The zero-order valence-electron chi connectivity index (χ0n) is 9.07. The lowest BCUT2D eigenvalue weighted by molar-refractivity contribution is 0.0935. The van der Waals surface area contributed by atoms with Crippen molar-refractivity contribution in [1.29, 1.82) is 0 Å². The molecule has 6 heteroatoms. The van der Waals surface area contributed by atoms with Crippen LogP contribution < -0.4 is 5.73 Å². The van der Waals surface area contributed by atoms with Gasteiger partial charge in [0.25, 0.3) is 0 Å². The van der Waals surface area contributed by atoms with Crippen molar-refractivity contribution < 1.29 is 9.53 Å². The van der Waals surface area contributed by atoms with Gasteiger partial charge < -0.3 is 10.5 Å². The molecule has 2 rings (SSSR count). The van der Waals surface area contributed by atoms with Crippen molar-refractivity contribution >= 4 is 17.4 Å². The second-order valence-corrected chi connectivity index (χ2v) is 4.45. The summed E-state index contributed by atoms with van der Waals surface area (Å²) in [6.45, 7) is 0.982. The van der Waals surface area contributed by atoms with E-state index in [0.29, 0.717) is 23.9 Å². The van der Waals surface area contributed by atoms with Crippen molar-refractivity contribution in [2.24, 2.45) is 5.73 Å². The highest BCUT2D eigenvalue weighted by Gasteiger charge is 2.47. The summed E-state index contributed by atoms with van der Waals surface area (Å²) >= 11 is 5.95. The fraction of sp³-hybridized carbons (Fsp3) is 0.600. The van der Waals surface area contributed by atoms with Crippen LogP contribution in [0.25, 0.3) is 0 Å². The normalized spacial score (nSPS) is 17.4. The van der Waals surface area contributed by atoms with Gasteiger partial charge in [-0.05, 0) is 12.8 Å². The molecule has 1 saturated carbocycles. The zero-order valence-corrected chi connectivity index (χ0v) is 9.83. The van der Waals surface area contributed by atoms with E-state index in [-0.39, 0.29) is 5.78 Å². The Morgan fingerprint density at radius 2 is 2.44 bits per heavy atom. The van der Waals surface area contributed by atoms with Crippen molar-refractivity contribution in [3.63, 3.8) is 0 Å². The molecule has 1 fully saturated rings. The molecule has 0 aromatic carbocycles. The number of nitrogens with two attached hydrogens (primary N) is 1. The zero-order chi connectivity index (χ0) is 11.8. The van der Waals surface area contributed by atoms with Gasteiger partial charge in [0, 0.05) is 7.11 Å². The fourth-order valence-electron chi connectivity index (χ4n) is 1.53. The molecule has 0 bridgehead atoms. The number of hydrogen-bond acceptors (Lipinski definition) is 4. The number of methoxy groups -OCH3 is 1.